The molecule has 0 aliphatic heterocycles. The normalized spacial score (nSPS) is 25.8. The smallest absolute Gasteiger partial charge is 0.293 e. The molecule has 0 radical (unpaired) electrons. The van der Waals surface area contributed by atoms with Crippen LogP contribution in [0.3, 0.4) is 0 Å². The number of nitrogens with two attached hydrogens (primary N) is 1. The molecule has 3 rings (SSSR count). The Labute approximate surface area is 126 Å². The van der Waals surface area contributed by atoms with Crippen molar-refractivity contribution < 1.29 is 0 Å². The van der Waals surface area contributed by atoms with Crippen molar-refractivity contribution in [3.05, 3.63) is 22.7 Å². The minimum atomic E-state index is 0.0864. The Hall–Kier alpha value is -1.36. The highest BCUT2D eigenvalue weighted by molar-refractivity contribution is 5.37. The molecule has 0 unspecified atom stereocenters. The second-order valence-electron chi connectivity index (χ2n) is 6.46. The Balaban J connectivity index is 1.86. The summed E-state index contributed by atoms with van der Waals surface area (Å²) >= 11 is 0. The van der Waals surface area contributed by atoms with Gasteiger partial charge in [-0.05, 0) is 44.9 Å². The molecule has 0 saturated heterocycles. The van der Waals surface area contributed by atoms with Crippen molar-refractivity contribution in [3.8, 4) is 0 Å². The number of hydrogen-bond donors (Lipinski definition) is 1. The number of anilines is 1. The molecule has 21 heavy (non-hydrogen) atoms. The lowest BCUT2D eigenvalue weighted by atomic mass is 9.90. The van der Waals surface area contributed by atoms with E-state index in [9.17, 15) is 4.79 Å². The van der Waals surface area contributed by atoms with Crippen LogP contribution in [0.4, 0.5) is 5.82 Å². The molecule has 5 heteroatoms. The summed E-state index contributed by atoms with van der Waals surface area (Å²) in [6.45, 7) is 3.06. The van der Waals surface area contributed by atoms with Crippen LogP contribution in [0.2, 0.25) is 0 Å². The molecule has 1 aromatic heterocycles. The predicted octanol–water partition coefficient (Wildman–Crippen LogP) is 2.06. The number of rotatable bonds is 5. The van der Waals surface area contributed by atoms with Crippen molar-refractivity contribution >= 4 is 5.82 Å². The molecule has 1 heterocycles. The van der Waals surface area contributed by atoms with Crippen LogP contribution >= 0.6 is 0 Å². The van der Waals surface area contributed by atoms with Gasteiger partial charge in [-0.15, -0.1) is 0 Å². The molecule has 0 aromatic carbocycles. The summed E-state index contributed by atoms with van der Waals surface area (Å²) in [5, 5.41) is 0. The molecule has 0 amide bonds. The molecule has 116 valence electrons. The van der Waals surface area contributed by atoms with Crippen LogP contribution in [0.1, 0.15) is 57.9 Å². The summed E-state index contributed by atoms with van der Waals surface area (Å²) in [5.41, 5.74) is 6.10. The highest BCUT2D eigenvalue weighted by Gasteiger charge is 2.29. The Bertz CT molecular complexity index is 529. The molecule has 2 saturated carbocycles. The summed E-state index contributed by atoms with van der Waals surface area (Å²) in [7, 11) is 0. The summed E-state index contributed by atoms with van der Waals surface area (Å²) in [4.78, 5) is 19.4. The fourth-order valence-electron chi connectivity index (χ4n) is 3.37. The van der Waals surface area contributed by atoms with Crippen LogP contribution in [-0.4, -0.2) is 28.2 Å². The lowest BCUT2D eigenvalue weighted by Gasteiger charge is -2.36. The maximum atomic E-state index is 12.7. The zero-order valence-corrected chi connectivity index (χ0v) is 12.9. The van der Waals surface area contributed by atoms with E-state index in [1.165, 1.54) is 0 Å². The first-order valence-corrected chi connectivity index (χ1v) is 8.30. The highest BCUT2D eigenvalue weighted by atomic mass is 16.1. The zero-order valence-electron chi connectivity index (χ0n) is 12.9. The fourth-order valence-corrected chi connectivity index (χ4v) is 3.37. The summed E-state index contributed by atoms with van der Waals surface area (Å²) in [5.74, 6) is 0.645. The van der Waals surface area contributed by atoms with E-state index in [4.69, 9.17) is 5.73 Å². The molecule has 1 aromatic rings. The lowest BCUT2D eigenvalue weighted by Crippen LogP contribution is -2.44. The van der Waals surface area contributed by atoms with Crippen molar-refractivity contribution in [2.75, 3.05) is 11.4 Å². The van der Waals surface area contributed by atoms with Gasteiger partial charge in [0.15, 0.2) is 5.82 Å². The SMILES string of the molecule is CCCN(c1nccn(C2CC2)c1=O)C1CCC(N)CC1. The third-order valence-electron chi connectivity index (χ3n) is 4.71. The molecule has 0 spiro atoms. The van der Waals surface area contributed by atoms with Crippen LogP contribution in [0.15, 0.2) is 17.2 Å². The predicted molar refractivity (Wildman–Crippen MR) is 84.6 cm³/mol. The average Bonchev–Trinajstić information content (AvgIpc) is 3.31. The monoisotopic (exact) mass is 290 g/mol. The third-order valence-corrected chi connectivity index (χ3v) is 4.71. The second kappa shape index (κ2) is 6.18. The molecule has 2 aliphatic rings. The first-order chi connectivity index (χ1) is 10.2. The summed E-state index contributed by atoms with van der Waals surface area (Å²) < 4.78 is 1.87. The number of nitrogens with zero attached hydrogens (tertiary/aromatic N) is 3. The van der Waals surface area contributed by atoms with Crippen molar-refractivity contribution in [1.29, 1.82) is 0 Å². The minimum absolute atomic E-state index is 0.0864. The van der Waals surface area contributed by atoms with Gasteiger partial charge in [0.1, 0.15) is 0 Å². The van der Waals surface area contributed by atoms with E-state index < -0.39 is 0 Å². The van der Waals surface area contributed by atoms with Crippen LogP contribution in [-0.2, 0) is 0 Å². The van der Waals surface area contributed by atoms with Gasteiger partial charge < -0.3 is 15.2 Å². The van der Waals surface area contributed by atoms with Crippen molar-refractivity contribution in [2.24, 2.45) is 5.73 Å². The van der Waals surface area contributed by atoms with Gasteiger partial charge >= 0.3 is 0 Å². The first kappa shape index (κ1) is 14.6. The Morgan fingerprint density at radius 3 is 2.62 bits per heavy atom. The molecule has 0 bridgehead atoms. The molecular weight excluding hydrogens is 264 g/mol. The van der Waals surface area contributed by atoms with Crippen LogP contribution < -0.4 is 16.2 Å². The van der Waals surface area contributed by atoms with Crippen molar-refractivity contribution in [1.82, 2.24) is 9.55 Å². The van der Waals surface area contributed by atoms with Gasteiger partial charge in [0.25, 0.3) is 5.56 Å². The number of aromatic nitrogens is 2. The maximum absolute atomic E-state index is 12.7. The van der Waals surface area contributed by atoms with E-state index in [1.807, 2.05) is 10.8 Å². The molecule has 2 fully saturated rings. The van der Waals surface area contributed by atoms with Crippen molar-refractivity contribution in [2.45, 2.75) is 70.0 Å². The molecule has 2 N–H and O–H groups in total. The van der Waals surface area contributed by atoms with Gasteiger partial charge in [0.2, 0.25) is 0 Å². The van der Waals surface area contributed by atoms with Gasteiger partial charge in [0, 0.05) is 37.1 Å². The third kappa shape index (κ3) is 3.12. The maximum Gasteiger partial charge on any atom is 0.293 e. The Morgan fingerprint density at radius 2 is 2.00 bits per heavy atom. The fraction of sp³-hybridized carbons (Fsp3) is 0.750. The second-order valence-corrected chi connectivity index (χ2v) is 6.46. The molecule has 5 nitrogen and oxygen atoms in total. The van der Waals surface area contributed by atoms with Gasteiger partial charge in [-0.25, -0.2) is 4.98 Å². The van der Waals surface area contributed by atoms with Gasteiger partial charge in [-0.1, -0.05) is 6.92 Å². The van der Waals surface area contributed by atoms with E-state index in [-0.39, 0.29) is 5.56 Å². The first-order valence-electron chi connectivity index (χ1n) is 8.30. The molecule has 2 aliphatic carbocycles. The van der Waals surface area contributed by atoms with Crippen LogP contribution in [0.5, 0.6) is 0 Å². The highest BCUT2D eigenvalue weighted by Crippen LogP contribution is 2.33. The van der Waals surface area contributed by atoms with Crippen LogP contribution in [0.25, 0.3) is 0 Å². The molecule has 0 atom stereocenters. The van der Waals surface area contributed by atoms with E-state index in [2.05, 4.69) is 16.8 Å². The zero-order chi connectivity index (χ0) is 14.8. The topological polar surface area (TPSA) is 64.2 Å². The average molecular weight is 290 g/mol. The number of hydrogen-bond acceptors (Lipinski definition) is 4. The van der Waals surface area contributed by atoms with Gasteiger partial charge in [-0.3, -0.25) is 4.79 Å². The molecular formula is C16H26N4O. The van der Waals surface area contributed by atoms with E-state index >= 15 is 0 Å². The standard InChI is InChI=1S/C16H26N4O/c1-2-10-19(13-5-3-12(17)4-6-13)15-16(21)20(11-9-18-15)14-7-8-14/h9,11-14H,2-8,10,17H2,1H3. The minimum Gasteiger partial charge on any atom is -0.349 e. The van der Waals surface area contributed by atoms with E-state index in [1.54, 1.807) is 6.20 Å². The van der Waals surface area contributed by atoms with Crippen LogP contribution in [0, 0.1) is 0 Å². The van der Waals surface area contributed by atoms with E-state index in [0.29, 0.717) is 23.9 Å². The van der Waals surface area contributed by atoms with E-state index in [0.717, 1.165) is 51.5 Å². The Morgan fingerprint density at radius 1 is 1.29 bits per heavy atom. The summed E-state index contributed by atoms with van der Waals surface area (Å²) in [6.07, 6.45) is 11.1. The quantitative estimate of drug-likeness (QED) is 0.901. The summed E-state index contributed by atoms with van der Waals surface area (Å²) in [6, 6.07) is 1.15. The Kier molecular flexibility index (Phi) is 4.29. The van der Waals surface area contributed by atoms with Gasteiger partial charge in [-0.2, -0.15) is 0 Å². The van der Waals surface area contributed by atoms with Gasteiger partial charge in [0.05, 0.1) is 0 Å². The largest absolute Gasteiger partial charge is 0.349 e. The van der Waals surface area contributed by atoms with Crippen molar-refractivity contribution in [3.63, 3.8) is 0 Å². The lowest BCUT2D eigenvalue weighted by molar-refractivity contribution is 0.373.